The molecule has 2 rings (SSSR count). The first kappa shape index (κ1) is 22.6. The smallest absolute Gasteiger partial charge is 0.168 e. The molecule has 1 aromatic heterocycles. The third-order valence-corrected chi connectivity index (χ3v) is 2.96. The van der Waals surface area contributed by atoms with E-state index in [1.165, 1.54) is 6.42 Å². The molecular formula is C22H33N3. The van der Waals surface area contributed by atoms with Crippen molar-refractivity contribution >= 4 is 5.70 Å². The van der Waals surface area contributed by atoms with Crippen LogP contribution in [-0.2, 0) is 0 Å². The summed E-state index contributed by atoms with van der Waals surface area (Å²) >= 11 is 0. The van der Waals surface area contributed by atoms with E-state index in [4.69, 9.17) is 0 Å². The summed E-state index contributed by atoms with van der Waals surface area (Å²) in [7, 11) is 0. The summed E-state index contributed by atoms with van der Waals surface area (Å²) in [6, 6.07) is 10.1. The summed E-state index contributed by atoms with van der Waals surface area (Å²) < 4.78 is 2.06. The van der Waals surface area contributed by atoms with Crippen LogP contribution in [0.15, 0.2) is 60.7 Å². The van der Waals surface area contributed by atoms with Gasteiger partial charge in [0.2, 0.25) is 0 Å². The van der Waals surface area contributed by atoms with Gasteiger partial charge in [-0.15, -0.1) is 10.2 Å². The first-order chi connectivity index (χ1) is 12.2. The van der Waals surface area contributed by atoms with Crippen LogP contribution in [0.4, 0.5) is 0 Å². The van der Waals surface area contributed by atoms with Crippen LogP contribution in [0.25, 0.3) is 17.1 Å². The van der Waals surface area contributed by atoms with Gasteiger partial charge in [0.05, 0.1) is 0 Å². The Morgan fingerprint density at radius 1 is 1.00 bits per heavy atom. The fraction of sp³-hybridized carbons (Fsp3) is 0.364. The summed E-state index contributed by atoms with van der Waals surface area (Å²) in [5.41, 5.74) is 2.16. The minimum absolute atomic E-state index is 0.872. The molecule has 3 heteroatoms. The molecule has 0 bridgehead atoms. The Morgan fingerprint density at radius 3 is 2.16 bits per heavy atom. The number of benzene rings is 1. The second-order valence-electron chi connectivity index (χ2n) is 5.20. The summed E-state index contributed by atoms with van der Waals surface area (Å²) in [5, 5.41) is 8.48. The van der Waals surface area contributed by atoms with E-state index in [0.717, 1.165) is 22.9 Å². The van der Waals surface area contributed by atoms with Crippen molar-refractivity contribution in [2.45, 2.75) is 54.9 Å². The molecule has 0 saturated carbocycles. The molecule has 0 saturated heterocycles. The van der Waals surface area contributed by atoms with Crippen molar-refractivity contribution in [1.29, 1.82) is 0 Å². The number of rotatable bonds is 4. The molecule has 0 atom stereocenters. The highest BCUT2D eigenvalue weighted by Crippen LogP contribution is 2.21. The molecule has 25 heavy (non-hydrogen) atoms. The van der Waals surface area contributed by atoms with E-state index in [9.17, 15) is 0 Å². The van der Waals surface area contributed by atoms with Crippen LogP contribution in [0, 0.1) is 6.92 Å². The Kier molecular flexibility index (Phi) is 12.6. The maximum Gasteiger partial charge on any atom is 0.168 e. The van der Waals surface area contributed by atoms with Crippen LogP contribution in [0.5, 0.6) is 0 Å². The highest BCUT2D eigenvalue weighted by atomic mass is 15.3. The summed E-state index contributed by atoms with van der Waals surface area (Å²) in [4.78, 5) is 0. The van der Waals surface area contributed by atoms with Crippen molar-refractivity contribution in [3.63, 3.8) is 0 Å². The van der Waals surface area contributed by atoms with Crippen LogP contribution in [0.3, 0.4) is 0 Å². The molecule has 1 heterocycles. The van der Waals surface area contributed by atoms with Crippen LogP contribution >= 0.6 is 0 Å². The average molecular weight is 340 g/mol. The van der Waals surface area contributed by atoms with Gasteiger partial charge in [-0.25, -0.2) is 0 Å². The Labute approximate surface area is 153 Å². The van der Waals surface area contributed by atoms with Crippen molar-refractivity contribution in [3.8, 4) is 11.4 Å². The number of aryl methyl sites for hydroxylation is 1. The number of allylic oxidation sites excluding steroid dienone is 6. The molecule has 0 radical (unpaired) electrons. The third kappa shape index (κ3) is 7.79. The molecule has 0 amide bonds. The second kappa shape index (κ2) is 14.0. The van der Waals surface area contributed by atoms with E-state index in [-0.39, 0.29) is 0 Å². The van der Waals surface area contributed by atoms with Gasteiger partial charge >= 0.3 is 0 Å². The van der Waals surface area contributed by atoms with E-state index >= 15 is 0 Å². The molecule has 0 aliphatic heterocycles. The normalized spacial score (nSPS) is 11.1. The van der Waals surface area contributed by atoms with Crippen molar-refractivity contribution in [2.75, 3.05) is 0 Å². The van der Waals surface area contributed by atoms with E-state index in [1.807, 2.05) is 82.3 Å². The fourth-order valence-corrected chi connectivity index (χ4v) is 2.00. The van der Waals surface area contributed by atoms with Gasteiger partial charge in [-0.2, -0.15) is 0 Å². The van der Waals surface area contributed by atoms with Gasteiger partial charge in [-0.05, 0) is 26.8 Å². The number of nitrogens with zero attached hydrogens (tertiary/aromatic N) is 3. The van der Waals surface area contributed by atoms with Gasteiger partial charge in [-0.1, -0.05) is 88.8 Å². The van der Waals surface area contributed by atoms with E-state index < -0.39 is 0 Å². The lowest BCUT2D eigenvalue weighted by molar-refractivity contribution is 0.983. The van der Waals surface area contributed by atoms with Crippen molar-refractivity contribution in [2.24, 2.45) is 0 Å². The van der Waals surface area contributed by atoms with Gasteiger partial charge < -0.3 is 0 Å². The highest BCUT2D eigenvalue weighted by molar-refractivity contribution is 5.62. The third-order valence-electron chi connectivity index (χ3n) is 2.96. The van der Waals surface area contributed by atoms with Crippen molar-refractivity contribution in [1.82, 2.24) is 14.8 Å². The van der Waals surface area contributed by atoms with Crippen molar-refractivity contribution in [3.05, 3.63) is 66.5 Å². The molecule has 0 spiro atoms. The minimum atomic E-state index is 0.872. The zero-order chi connectivity index (χ0) is 19.1. The van der Waals surface area contributed by atoms with E-state index in [0.29, 0.717) is 0 Å². The van der Waals surface area contributed by atoms with Gasteiger partial charge in [0.1, 0.15) is 5.82 Å². The van der Waals surface area contributed by atoms with E-state index in [2.05, 4.69) is 41.6 Å². The summed E-state index contributed by atoms with van der Waals surface area (Å²) in [6.45, 7) is 14.3. The van der Waals surface area contributed by atoms with Gasteiger partial charge in [0.25, 0.3) is 0 Å². The van der Waals surface area contributed by atoms with Crippen LogP contribution in [0.2, 0.25) is 0 Å². The Bertz CT molecular complexity index is 662. The zero-order valence-corrected chi connectivity index (χ0v) is 16.8. The Morgan fingerprint density at radius 2 is 1.60 bits per heavy atom. The lowest BCUT2D eigenvalue weighted by Crippen LogP contribution is -1.99. The lowest BCUT2D eigenvalue weighted by atomic mass is 10.2. The number of hydrogen-bond donors (Lipinski definition) is 0. The molecule has 0 aliphatic carbocycles. The monoisotopic (exact) mass is 339 g/mol. The fourth-order valence-electron chi connectivity index (χ4n) is 2.00. The SMILES string of the molecule is CC.CCC.C\C=C/C=C\C=C(/C)n1c(C)nnc1-c1ccccc1. The Balaban J connectivity index is 0.00000104. The molecule has 0 aliphatic rings. The molecule has 2 aromatic rings. The average Bonchev–Trinajstić information content (AvgIpc) is 3.03. The largest absolute Gasteiger partial charge is 0.283 e. The Hall–Kier alpha value is -2.42. The molecule has 3 nitrogen and oxygen atoms in total. The van der Waals surface area contributed by atoms with Gasteiger partial charge in [0, 0.05) is 11.3 Å². The van der Waals surface area contributed by atoms with Crippen LogP contribution in [0.1, 0.15) is 53.8 Å². The topological polar surface area (TPSA) is 30.7 Å². The highest BCUT2D eigenvalue weighted by Gasteiger charge is 2.11. The first-order valence-corrected chi connectivity index (χ1v) is 9.09. The number of aromatic nitrogens is 3. The zero-order valence-electron chi connectivity index (χ0n) is 16.8. The van der Waals surface area contributed by atoms with Gasteiger partial charge in [0.15, 0.2) is 5.82 Å². The van der Waals surface area contributed by atoms with Gasteiger partial charge in [-0.3, -0.25) is 4.57 Å². The lowest BCUT2D eigenvalue weighted by Gasteiger charge is -2.08. The van der Waals surface area contributed by atoms with E-state index in [1.54, 1.807) is 0 Å². The first-order valence-electron chi connectivity index (χ1n) is 9.09. The maximum atomic E-state index is 4.29. The van der Waals surface area contributed by atoms with Crippen LogP contribution in [-0.4, -0.2) is 14.8 Å². The molecule has 0 fully saturated rings. The molecular weight excluding hydrogens is 306 g/mol. The molecule has 0 unspecified atom stereocenters. The van der Waals surface area contributed by atoms with Crippen molar-refractivity contribution < 1.29 is 0 Å². The predicted octanol–water partition coefficient (Wildman–Crippen LogP) is 6.69. The maximum absolute atomic E-state index is 4.29. The summed E-state index contributed by atoms with van der Waals surface area (Å²) in [6.07, 6.45) is 11.3. The predicted molar refractivity (Wildman–Crippen MR) is 111 cm³/mol. The quantitative estimate of drug-likeness (QED) is 0.581. The van der Waals surface area contributed by atoms with Crippen LogP contribution < -0.4 is 0 Å². The standard InChI is InChI=1S/C17H19N3.C3H8.C2H6/c1-4-5-6-8-11-14(2)20-15(3)18-19-17(20)16-12-9-7-10-13-16;1-3-2;1-2/h4-13H,1-3H3;3H2,1-2H3;1-2H3/b5-4-,8-6-,14-11+;;. The minimum Gasteiger partial charge on any atom is -0.283 e. The molecule has 1 aromatic carbocycles. The second-order valence-corrected chi connectivity index (χ2v) is 5.20. The summed E-state index contributed by atoms with van der Waals surface area (Å²) in [5.74, 6) is 1.76. The number of hydrogen-bond acceptors (Lipinski definition) is 2. The molecule has 0 N–H and O–H groups in total. The molecule has 136 valence electrons.